The Kier molecular flexibility index (Phi) is 5.49. The van der Waals surface area contributed by atoms with Crippen LogP contribution in [0.5, 0.6) is 0 Å². The van der Waals surface area contributed by atoms with Crippen LogP contribution in [0.25, 0.3) is 0 Å². The molecule has 1 aliphatic rings. The average Bonchev–Trinajstić information content (AvgIpc) is 2.20. The fraction of sp³-hybridized carbons (Fsp3) is 1.00. The lowest BCUT2D eigenvalue weighted by molar-refractivity contribution is 0.121. The highest BCUT2D eigenvalue weighted by atomic mass is 16.3. The van der Waals surface area contributed by atoms with E-state index in [1.807, 2.05) is 6.92 Å². The van der Waals surface area contributed by atoms with Crippen LogP contribution in [-0.4, -0.2) is 35.2 Å². The van der Waals surface area contributed by atoms with Crippen molar-refractivity contribution in [3.05, 3.63) is 0 Å². The van der Waals surface area contributed by atoms with Crippen LogP contribution >= 0.6 is 0 Å². The molecule has 1 N–H and O–H groups in total. The fourth-order valence-corrected chi connectivity index (χ4v) is 2.40. The van der Waals surface area contributed by atoms with Gasteiger partial charge >= 0.3 is 0 Å². The predicted molar refractivity (Wildman–Crippen MR) is 60.4 cm³/mol. The van der Waals surface area contributed by atoms with E-state index < -0.39 is 0 Å². The molecule has 0 radical (unpaired) electrons. The molecule has 1 rings (SSSR count). The van der Waals surface area contributed by atoms with Crippen LogP contribution in [0.2, 0.25) is 0 Å². The molecule has 0 aromatic rings. The molecule has 84 valence electrons. The second-order valence-corrected chi connectivity index (χ2v) is 4.56. The van der Waals surface area contributed by atoms with Crippen LogP contribution in [0.1, 0.15) is 52.4 Å². The van der Waals surface area contributed by atoms with Gasteiger partial charge in [-0.05, 0) is 32.7 Å². The van der Waals surface area contributed by atoms with E-state index >= 15 is 0 Å². The van der Waals surface area contributed by atoms with Gasteiger partial charge in [-0.15, -0.1) is 0 Å². The Morgan fingerprint density at radius 1 is 1.29 bits per heavy atom. The third-order valence-electron chi connectivity index (χ3n) is 3.33. The van der Waals surface area contributed by atoms with Gasteiger partial charge in [-0.25, -0.2) is 0 Å². The third kappa shape index (κ3) is 3.97. The van der Waals surface area contributed by atoms with E-state index in [4.69, 9.17) is 0 Å². The quantitative estimate of drug-likeness (QED) is 0.735. The highest BCUT2D eigenvalue weighted by Crippen LogP contribution is 2.22. The molecular weight excluding hydrogens is 174 g/mol. The topological polar surface area (TPSA) is 23.5 Å². The summed E-state index contributed by atoms with van der Waals surface area (Å²) < 4.78 is 0. The van der Waals surface area contributed by atoms with Crippen LogP contribution in [0.3, 0.4) is 0 Å². The zero-order chi connectivity index (χ0) is 10.4. The molecular formula is C12H25NO. The van der Waals surface area contributed by atoms with E-state index in [0.29, 0.717) is 0 Å². The summed E-state index contributed by atoms with van der Waals surface area (Å²) in [4.78, 5) is 2.55. The lowest BCUT2D eigenvalue weighted by Crippen LogP contribution is -2.38. The molecule has 0 spiro atoms. The molecule has 2 nitrogen and oxygen atoms in total. The summed E-state index contributed by atoms with van der Waals surface area (Å²) in [6, 6.07) is 0.799. The maximum Gasteiger partial charge on any atom is 0.0524 e. The Morgan fingerprint density at radius 3 is 2.43 bits per heavy atom. The molecule has 1 saturated carbocycles. The van der Waals surface area contributed by atoms with Gasteiger partial charge < -0.3 is 10.0 Å². The monoisotopic (exact) mass is 199 g/mol. The van der Waals surface area contributed by atoms with Crippen molar-refractivity contribution >= 4 is 0 Å². The minimum atomic E-state index is -0.146. The molecule has 0 aromatic carbocycles. The summed E-state index contributed by atoms with van der Waals surface area (Å²) in [5.41, 5.74) is 0. The van der Waals surface area contributed by atoms with Crippen molar-refractivity contribution < 1.29 is 5.11 Å². The van der Waals surface area contributed by atoms with Crippen molar-refractivity contribution in [3.8, 4) is 0 Å². The second-order valence-electron chi connectivity index (χ2n) is 4.56. The predicted octanol–water partition coefficient (Wildman–Crippen LogP) is 2.41. The van der Waals surface area contributed by atoms with Crippen molar-refractivity contribution in [2.24, 2.45) is 0 Å². The first-order chi connectivity index (χ1) is 6.74. The summed E-state index contributed by atoms with van der Waals surface area (Å²) in [7, 11) is 0. The van der Waals surface area contributed by atoms with Gasteiger partial charge in [0.15, 0.2) is 0 Å². The van der Waals surface area contributed by atoms with Crippen LogP contribution in [0.15, 0.2) is 0 Å². The van der Waals surface area contributed by atoms with Crippen LogP contribution in [-0.2, 0) is 0 Å². The van der Waals surface area contributed by atoms with E-state index in [2.05, 4.69) is 11.8 Å². The molecule has 0 aromatic heterocycles. The molecule has 0 heterocycles. The number of nitrogens with zero attached hydrogens (tertiary/aromatic N) is 1. The number of rotatable bonds is 5. The minimum Gasteiger partial charge on any atom is -0.393 e. The second kappa shape index (κ2) is 6.41. The zero-order valence-electron chi connectivity index (χ0n) is 9.71. The van der Waals surface area contributed by atoms with Gasteiger partial charge in [0.25, 0.3) is 0 Å². The molecule has 0 aliphatic heterocycles. The number of aliphatic hydroxyl groups is 1. The van der Waals surface area contributed by atoms with Crippen molar-refractivity contribution in [1.29, 1.82) is 0 Å². The van der Waals surface area contributed by atoms with Crippen molar-refractivity contribution in [3.63, 3.8) is 0 Å². The number of hydrogen-bond acceptors (Lipinski definition) is 2. The first kappa shape index (κ1) is 12.0. The Hall–Kier alpha value is -0.0800. The van der Waals surface area contributed by atoms with Crippen LogP contribution in [0, 0.1) is 0 Å². The van der Waals surface area contributed by atoms with E-state index in [1.54, 1.807) is 0 Å². The average molecular weight is 199 g/mol. The first-order valence-electron chi connectivity index (χ1n) is 6.16. The summed E-state index contributed by atoms with van der Waals surface area (Å²) in [6.45, 7) is 6.32. The molecule has 1 unspecified atom stereocenters. The highest BCUT2D eigenvalue weighted by molar-refractivity contribution is 4.75. The number of aliphatic hydroxyl groups excluding tert-OH is 1. The van der Waals surface area contributed by atoms with E-state index in [-0.39, 0.29) is 6.10 Å². The smallest absolute Gasteiger partial charge is 0.0524 e. The zero-order valence-corrected chi connectivity index (χ0v) is 9.71. The maximum absolute atomic E-state index is 9.27. The van der Waals surface area contributed by atoms with E-state index in [1.165, 1.54) is 32.1 Å². The SMILES string of the molecule is CCN(CCC(C)O)C1CCCCC1. The molecule has 14 heavy (non-hydrogen) atoms. The number of hydrogen-bond donors (Lipinski definition) is 1. The van der Waals surface area contributed by atoms with Gasteiger partial charge in [0.05, 0.1) is 6.10 Å². The molecule has 1 aliphatic carbocycles. The molecule has 0 saturated heterocycles. The van der Waals surface area contributed by atoms with Crippen molar-refractivity contribution in [2.75, 3.05) is 13.1 Å². The maximum atomic E-state index is 9.27. The molecule has 2 heteroatoms. The lowest BCUT2D eigenvalue weighted by atomic mass is 9.94. The van der Waals surface area contributed by atoms with Gasteiger partial charge in [0.2, 0.25) is 0 Å². The summed E-state index contributed by atoms with van der Waals surface area (Å²) in [5, 5.41) is 9.27. The van der Waals surface area contributed by atoms with E-state index in [9.17, 15) is 5.11 Å². The summed E-state index contributed by atoms with van der Waals surface area (Å²) in [6.07, 6.45) is 7.73. The van der Waals surface area contributed by atoms with Gasteiger partial charge in [0, 0.05) is 12.6 Å². The third-order valence-corrected chi connectivity index (χ3v) is 3.33. The summed E-state index contributed by atoms with van der Waals surface area (Å²) in [5.74, 6) is 0. The molecule has 1 atom stereocenters. The Labute approximate surface area is 88.3 Å². The van der Waals surface area contributed by atoms with Crippen LogP contribution in [0.4, 0.5) is 0 Å². The summed E-state index contributed by atoms with van der Waals surface area (Å²) >= 11 is 0. The van der Waals surface area contributed by atoms with Crippen molar-refractivity contribution in [1.82, 2.24) is 4.90 Å². The standard InChI is InChI=1S/C12H25NO/c1-3-13(10-9-11(2)14)12-7-5-4-6-8-12/h11-12,14H,3-10H2,1-2H3. The first-order valence-corrected chi connectivity index (χ1v) is 6.16. The molecule has 1 fully saturated rings. The minimum absolute atomic E-state index is 0.146. The van der Waals surface area contributed by atoms with Crippen molar-refractivity contribution in [2.45, 2.75) is 64.5 Å². The highest BCUT2D eigenvalue weighted by Gasteiger charge is 2.19. The normalized spacial score (nSPS) is 21.4. The Bertz CT molecular complexity index is 141. The van der Waals surface area contributed by atoms with Gasteiger partial charge in [-0.2, -0.15) is 0 Å². The largest absolute Gasteiger partial charge is 0.393 e. The molecule has 0 amide bonds. The van der Waals surface area contributed by atoms with Crippen LogP contribution < -0.4 is 0 Å². The molecule has 0 bridgehead atoms. The van der Waals surface area contributed by atoms with Gasteiger partial charge in [-0.1, -0.05) is 26.2 Å². The van der Waals surface area contributed by atoms with Gasteiger partial charge in [0.1, 0.15) is 0 Å². The lowest BCUT2D eigenvalue weighted by Gasteiger charge is -2.33. The Morgan fingerprint density at radius 2 is 1.93 bits per heavy atom. The Balaban J connectivity index is 2.28. The van der Waals surface area contributed by atoms with Gasteiger partial charge in [-0.3, -0.25) is 0 Å². The fourth-order valence-electron chi connectivity index (χ4n) is 2.40. The van der Waals surface area contributed by atoms with E-state index in [0.717, 1.165) is 25.6 Å².